The van der Waals surface area contributed by atoms with Gasteiger partial charge in [0, 0.05) is 13.2 Å². The largest absolute Gasteiger partial charge is 0.381 e. The molecule has 96 valence electrons. The van der Waals surface area contributed by atoms with Crippen molar-refractivity contribution in [3.63, 3.8) is 0 Å². The topological polar surface area (TPSA) is 43.4 Å². The first-order valence-corrected chi connectivity index (χ1v) is 5.93. The van der Waals surface area contributed by atoms with Crippen LogP contribution in [0.5, 0.6) is 0 Å². The van der Waals surface area contributed by atoms with Crippen molar-refractivity contribution in [2.75, 3.05) is 13.2 Å². The minimum Gasteiger partial charge on any atom is -0.381 e. The van der Waals surface area contributed by atoms with Crippen LogP contribution in [0.3, 0.4) is 0 Å². The molecule has 0 aromatic heterocycles. The number of hydrogen-bond donors (Lipinski definition) is 0. The molecule has 0 aromatic rings. The molecule has 0 amide bonds. The van der Waals surface area contributed by atoms with Crippen LogP contribution in [0.15, 0.2) is 24.3 Å². The van der Waals surface area contributed by atoms with Gasteiger partial charge in [-0.05, 0) is 36.1 Å². The molecule has 3 nitrogen and oxygen atoms in total. The average Bonchev–Trinajstić information content (AvgIpc) is 2.22. The molecule has 0 bridgehead atoms. The smallest absolute Gasteiger partial charge is 0.178 e. The van der Waals surface area contributed by atoms with Crippen molar-refractivity contribution in [3.8, 4) is 0 Å². The quantitative estimate of drug-likeness (QED) is 0.707. The van der Waals surface area contributed by atoms with E-state index in [9.17, 15) is 9.59 Å². The molecule has 0 aliphatic heterocycles. The number of carbonyl (C=O) groups is 2. The summed E-state index contributed by atoms with van der Waals surface area (Å²) in [7, 11) is 0. The molecule has 1 aliphatic rings. The highest BCUT2D eigenvalue weighted by atomic mass is 16.5. The van der Waals surface area contributed by atoms with Gasteiger partial charge < -0.3 is 4.74 Å². The summed E-state index contributed by atoms with van der Waals surface area (Å²) < 4.78 is 5.36. The van der Waals surface area contributed by atoms with Gasteiger partial charge in [-0.25, -0.2) is 0 Å². The van der Waals surface area contributed by atoms with Gasteiger partial charge >= 0.3 is 0 Å². The maximum absolute atomic E-state index is 10.3. The second kappa shape index (κ2) is 8.88. The Morgan fingerprint density at radius 1 is 0.824 bits per heavy atom. The van der Waals surface area contributed by atoms with Gasteiger partial charge in [0.1, 0.15) is 0 Å². The molecule has 0 fully saturated rings. The normalized spacial score (nSPS) is 14.2. The average molecular weight is 238 g/mol. The third-order valence-electron chi connectivity index (χ3n) is 1.73. The molecule has 0 heterocycles. The van der Waals surface area contributed by atoms with Crippen molar-refractivity contribution in [1.29, 1.82) is 0 Å². The van der Waals surface area contributed by atoms with Gasteiger partial charge in [0.2, 0.25) is 0 Å². The summed E-state index contributed by atoms with van der Waals surface area (Å²) in [6.45, 7) is 10.5. The standard InChI is InChI=1S/C8H18O.C6H4O2/c1-7(2)5-9-6-8(3)4;7-5-1-2-6(8)4-3-5/h7-8H,5-6H2,1-4H3;1-4H. The summed E-state index contributed by atoms with van der Waals surface area (Å²) in [4.78, 5) is 20.6. The fraction of sp³-hybridized carbons (Fsp3) is 0.571. The van der Waals surface area contributed by atoms with E-state index in [1.807, 2.05) is 0 Å². The van der Waals surface area contributed by atoms with Crippen LogP contribution in [0.2, 0.25) is 0 Å². The SMILES string of the molecule is CC(C)COCC(C)C.O=C1C=CC(=O)C=C1. The molecule has 0 saturated carbocycles. The summed E-state index contributed by atoms with van der Waals surface area (Å²) in [5.74, 6) is 1.10. The van der Waals surface area contributed by atoms with Crippen LogP contribution in [0.25, 0.3) is 0 Å². The van der Waals surface area contributed by atoms with Gasteiger partial charge in [0.25, 0.3) is 0 Å². The highest BCUT2D eigenvalue weighted by Gasteiger charge is 1.98. The van der Waals surface area contributed by atoms with Crippen molar-refractivity contribution in [2.24, 2.45) is 11.8 Å². The van der Waals surface area contributed by atoms with Crippen LogP contribution >= 0.6 is 0 Å². The highest BCUT2D eigenvalue weighted by Crippen LogP contribution is 1.96. The summed E-state index contributed by atoms with van der Waals surface area (Å²) in [5.41, 5.74) is 0. The van der Waals surface area contributed by atoms with Crippen LogP contribution in [0.4, 0.5) is 0 Å². The zero-order valence-electron chi connectivity index (χ0n) is 11.1. The number of rotatable bonds is 4. The molecule has 17 heavy (non-hydrogen) atoms. The number of ether oxygens (including phenoxy) is 1. The Hall–Kier alpha value is -1.22. The Morgan fingerprint density at radius 3 is 1.35 bits per heavy atom. The number of carbonyl (C=O) groups excluding carboxylic acids is 2. The molecule has 1 aliphatic carbocycles. The first-order chi connectivity index (χ1) is 7.91. The van der Waals surface area contributed by atoms with Crippen molar-refractivity contribution in [2.45, 2.75) is 27.7 Å². The molecule has 0 aromatic carbocycles. The van der Waals surface area contributed by atoms with Crippen LogP contribution in [-0.4, -0.2) is 24.8 Å². The molecule has 3 heteroatoms. The molecule has 0 saturated heterocycles. The van der Waals surface area contributed by atoms with Crippen molar-refractivity contribution in [1.82, 2.24) is 0 Å². The third kappa shape index (κ3) is 11.1. The van der Waals surface area contributed by atoms with Crippen molar-refractivity contribution in [3.05, 3.63) is 24.3 Å². The van der Waals surface area contributed by atoms with Crippen LogP contribution < -0.4 is 0 Å². The molecule has 0 radical (unpaired) electrons. The maximum Gasteiger partial charge on any atom is 0.178 e. The van der Waals surface area contributed by atoms with Gasteiger partial charge in [-0.15, -0.1) is 0 Å². The van der Waals surface area contributed by atoms with E-state index in [0.717, 1.165) is 13.2 Å². The van der Waals surface area contributed by atoms with E-state index in [-0.39, 0.29) is 11.6 Å². The molecule has 0 atom stereocenters. The summed E-state index contributed by atoms with van der Waals surface area (Å²) in [6.07, 6.45) is 5.01. The molecule has 0 spiro atoms. The third-order valence-corrected chi connectivity index (χ3v) is 1.73. The van der Waals surface area contributed by atoms with Crippen LogP contribution in [-0.2, 0) is 14.3 Å². The maximum atomic E-state index is 10.3. The lowest BCUT2D eigenvalue weighted by Gasteiger charge is -2.07. The minimum atomic E-state index is -0.121. The Kier molecular flexibility index (Phi) is 8.24. The van der Waals surface area contributed by atoms with Crippen LogP contribution in [0.1, 0.15) is 27.7 Å². The van der Waals surface area contributed by atoms with E-state index in [1.54, 1.807) is 0 Å². The van der Waals surface area contributed by atoms with Gasteiger partial charge in [-0.2, -0.15) is 0 Å². The number of allylic oxidation sites excluding steroid dienone is 4. The zero-order chi connectivity index (χ0) is 13.3. The lowest BCUT2D eigenvalue weighted by molar-refractivity contribution is -0.113. The second-order valence-electron chi connectivity index (χ2n) is 4.80. The summed E-state index contributed by atoms with van der Waals surface area (Å²) in [6, 6.07) is 0. The fourth-order valence-electron chi connectivity index (χ4n) is 0.979. The van der Waals surface area contributed by atoms with E-state index in [4.69, 9.17) is 4.74 Å². The Balaban J connectivity index is 0.000000302. The van der Waals surface area contributed by atoms with Gasteiger partial charge in [-0.3, -0.25) is 9.59 Å². The number of ketones is 2. The van der Waals surface area contributed by atoms with Gasteiger partial charge in [-0.1, -0.05) is 27.7 Å². The molecular formula is C14H22O3. The first kappa shape index (κ1) is 15.8. The Labute approximate surface area is 104 Å². The highest BCUT2D eigenvalue weighted by molar-refractivity contribution is 6.14. The van der Waals surface area contributed by atoms with E-state index in [1.165, 1.54) is 24.3 Å². The fourth-order valence-corrected chi connectivity index (χ4v) is 0.979. The second-order valence-corrected chi connectivity index (χ2v) is 4.80. The summed E-state index contributed by atoms with van der Waals surface area (Å²) in [5, 5.41) is 0. The van der Waals surface area contributed by atoms with Gasteiger partial charge in [0.05, 0.1) is 0 Å². The lowest BCUT2D eigenvalue weighted by atomic mass is 10.2. The first-order valence-electron chi connectivity index (χ1n) is 5.93. The predicted molar refractivity (Wildman–Crippen MR) is 68.8 cm³/mol. The van der Waals surface area contributed by atoms with Crippen molar-refractivity contribution >= 4 is 11.6 Å². The molecular weight excluding hydrogens is 216 g/mol. The van der Waals surface area contributed by atoms with Crippen LogP contribution in [0, 0.1) is 11.8 Å². The van der Waals surface area contributed by atoms with E-state index in [0.29, 0.717) is 11.8 Å². The Morgan fingerprint density at radius 2 is 1.12 bits per heavy atom. The van der Waals surface area contributed by atoms with Crippen molar-refractivity contribution < 1.29 is 14.3 Å². The van der Waals surface area contributed by atoms with E-state index in [2.05, 4.69) is 27.7 Å². The van der Waals surface area contributed by atoms with Gasteiger partial charge in [0.15, 0.2) is 11.6 Å². The Bertz CT molecular complexity index is 253. The number of hydrogen-bond acceptors (Lipinski definition) is 3. The van der Waals surface area contributed by atoms with E-state index >= 15 is 0 Å². The molecule has 0 N–H and O–H groups in total. The predicted octanol–water partition coefficient (Wildman–Crippen LogP) is 2.57. The lowest BCUT2D eigenvalue weighted by Crippen LogP contribution is -2.06. The minimum absolute atomic E-state index is 0.121. The molecule has 0 unspecified atom stereocenters. The summed E-state index contributed by atoms with van der Waals surface area (Å²) >= 11 is 0. The van der Waals surface area contributed by atoms with E-state index < -0.39 is 0 Å². The molecule has 1 rings (SSSR count). The zero-order valence-corrected chi connectivity index (χ0v) is 11.1. The monoisotopic (exact) mass is 238 g/mol.